The third-order valence-corrected chi connectivity index (χ3v) is 7.67. The highest BCUT2D eigenvalue weighted by molar-refractivity contribution is 5.69. The van der Waals surface area contributed by atoms with Crippen LogP contribution >= 0.6 is 0 Å². The summed E-state index contributed by atoms with van der Waals surface area (Å²) < 4.78 is 11.0. The van der Waals surface area contributed by atoms with E-state index in [4.69, 9.17) is 9.47 Å². The van der Waals surface area contributed by atoms with Crippen LogP contribution in [0.25, 0.3) is 0 Å². The maximum atomic E-state index is 12.1. The summed E-state index contributed by atoms with van der Waals surface area (Å²) in [4.78, 5) is 12.1. The molecule has 1 N–H and O–H groups in total. The third-order valence-electron chi connectivity index (χ3n) is 7.67. The van der Waals surface area contributed by atoms with E-state index < -0.39 is 6.10 Å². The first-order chi connectivity index (χ1) is 21.2. The van der Waals surface area contributed by atoms with Crippen LogP contribution in [-0.4, -0.2) is 37.0 Å². The zero-order chi connectivity index (χ0) is 31.3. The molecule has 0 aliphatic rings. The number of rotatable bonds is 33. The predicted molar refractivity (Wildman–Crippen MR) is 187 cm³/mol. The molecule has 0 bridgehead atoms. The number of hydrogen-bond acceptors (Lipinski definition) is 4. The average Bonchev–Trinajstić information content (AvgIpc) is 3.01. The van der Waals surface area contributed by atoms with Crippen molar-refractivity contribution in [2.24, 2.45) is 0 Å². The molecule has 0 aromatic heterocycles. The van der Waals surface area contributed by atoms with E-state index in [9.17, 15) is 9.90 Å². The minimum Gasteiger partial charge on any atom is -0.457 e. The van der Waals surface area contributed by atoms with Crippen molar-refractivity contribution < 1.29 is 19.4 Å². The average molecular weight is 603 g/mol. The Bertz CT molecular complexity index is 679. The zero-order valence-electron chi connectivity index (χ0n) is 28.5. The summed E-state index contributed by atoms with van der Waals surface area (Å²) >= 11 is 0. The van der Waals surface area contributed by atoms with Crippen molar-refractivity contribution in [3.05, 3.63) is 48.6 Å². The summed E-state index contributed by atoms with van der Waals surface area (Å²) in [5.41, 5.74) is 0. The van der Waals surface area contributed by atoms with Crippen LogP contribution in [0.1, 0.15) is 168 Å². The summed E-state index contributed by atoms with van der Waals surface area (Å²) in [6.45, 7) is 5.10. The lowest BCUT2D eigenvalue weighted by Gasteiger charge is -2.15. The molecule has 4 nitrogen and oxygen atoms in total. The first kappa shape index (κ1) is 41.4. The number of ether oxygens (including phenoxy) is 2. The van der Waals surface area contributed by atoms with E-state index in [1.165, 1.54) is 96.3 Å². The smallest absolute Gasteiger partial charge is 0.306 e. The Balaban J connectivity index is 3.51. The zero-order valence-corrected chi connectivity index (χ0v) is 28.5. The molecule has 1 atom stereocenters. The second kappa shape index (κ2) is 36.5. The lowest BCUT2D eigenvalue weighted by atomic mass is 10.0. The van der Waals surface area contributed by atoms with Crippen LogP contribution in [0.3, 0.4) is 0 Å². The molecule has 0 fully saturated rings. The first-order valence-electron chi connectivity index (χ1n) is 18.2. The highest BCUT2D eigenvalue weighted by atomic mass is 16.6. The van der Waals surface area contributed by atoms with Crippen LogP contribution in [0.4, 0.5) is 0 Å². The lowest BCUT2D eigenvalue weighted by Crippen LogP contribution is -2.27. The number of carbonyl (C=O) groups is 1. The Morgan fingerprint density at radius 2 is 1.02 bits per heavy atom. The molecular weight excluding hydrogens is 532 g/mol. The van der Waals surface area contributed by atoms with Crippen molar-refractivity contribution in [1.82, 2.24) is 0 Å². The highest BCUT2D eigenvalue weighted by Gasteiger charge is 2.13. The summed E-state index contributed by atoms with van der Waals surface area (Å²) in [5, 5.41) is 9.54. The number of unbranched alkanes of at least 4 members (excludes halogenated alkanes) is 17. The molecule has 250 valence electrons. The minimum absolute atomic E-state index is 0.193. The quantitative estimate of drug-likeness (QED) is 0.0461. The Kier molecular flexibility index (Phi) is 35.1. The number of aliphatic hydroxyl groups is 1. The van der Waals surface area contributed by atoms with Crippen LogP contribution in [-0.2, 0) is 14.3 Å². The summed E-state index contributed by atoms with van der Waals surface area (Å²) in [6.07, 6.45) is 45.9. The van der Waals surface area contributed by atoms with Crippen molar-refractivity contribution in [1.29, 1.82) is 0 Å². The molecule has 0 aliphatic heterocycles. The van der Waals surface area contributed by atoms with E-state index in [1.807, 2.05) is 0 Å². The predicted octanol–water partition coefficient (Wildman–Crippen LogP) is 11.5. The lowest BCUT2D eigenvalue weighted by molar-refractivity contribution is -0.154. The SMILES string of the molecule is CC/C=C\C/C=C\C/C=C\C/C=C\CCCOCC(CO)OC(=O)CCCCCCCCCCCCCCCCCCC. The van der Waals surface area contributed by atoms with Gasteiger partial charge in [-0.15, -0.1) is 0 Å². The normalized spacial score (nSPS) is 12.9. The topological polar surface area (TPSA) is 55.8 Å². The molecule has 0 spiro atoms. The molecule has 0 radical (unpaired) electrons. The van der Waals surface area contributed by atoms with Gasteiger partial charge in [0.1, 0.15) is 6.10 Å². The third kappa shape index (κ3) is 34.7. The van der Waals surface area contributed by atoms with Crippen molar-refractivity contribution in [3.8, 4) is 0 Å². The van der Waals surface area contributed by atoms with Gasteiger partial charge in [0.25, 0.3) is 0 Å². The Labute approximate surface area is 267 Å². The van der Waals surface area contributed by atoms with Crippen molar-refractivity contribution in [2.75, 3.05) is 19.8 Å². The van der Waals surface area contributed by atoms with Crippen molar-refractivity contribution in [3.63, 3.8) is 0 Å². The number of hydrogen-bond donors (Lipinski definition) is 1. The van der Waals surface area contributed by atoms with Gasteiger partial charge < -0.3 is 14.6 Å². The van der Waals surface area contributed by atoms with E-state index in [-0.39, 0.29) is 19.2 Å². The molecule has 0 aromatic carbocycles. The van der Waals surface area contributed by atoms with Gasteiger partial charge in [-0.1, -0.05) is 165 Å². The molecule has 0 heterocycles. The van der Waals surface area contributed by atoms with Gasteiger partial charge in [-0.05, 0) is 44.9 Å². The molecule has 4 heteroatoms. The Morgan fingerprint density at radius 3 is 1.49 bits per heavy atom. The highest BCUT2D eigenvalue weighted by Crippen LogP contribution is 2.14. The second-order valence-corrected chi connectivity index (χ2v) is 11.9. The van der Waals surface area contributed by atoms with E-state index in [0.717, 1.165) is 51.4 Å². The maximum Gasteiger partial charge on any atom is 0.306 e. The van der Waals surface area contributed by atoms with Gasteiger partial charge in [-0.2, -0.15) is 0 Å². The van der Waals surface area contributed by atoms with E-state index in [0.29, 0.717) is 13.0 Å². The van der Waals surface area contributed by atoms with Gasteiger partial charge in [0.2, 0.25) is 0 Å². The summed E-state index contributed by atoms with van der Waals surface area (Å²) in [5.74, 6) is -0.219. The number of aliphatic hydroxyl groups excluding tert-OH is 1. The largest absolute Gasteiger partial charge is 0.457 e. The van der Waals surface area contributed by atoms with Gasteiger partial charge >= 0.3 is 5.97 Å². The van der Waals surface area contributed by atoms with E-state index in [1.54, 1.807) is 0 Å². The molecule has 0 saturated heterocycles. The molecule has 1 unspecified atom stereocenters. The number of allylic oxidation sites excluding steroid dienone is 8. The molecule has 0 rings (SSSR count). The fourth-order valence-corrected chi connectivity index (χ4v) is 4.98. The maximum absolute atomic E-state index is 12.1. The van der Waals surface area contributed by atoms with Crippen molar-refractivity contribution >= 4 is 5.97 Å². The van der Waals surface area contributed by atoms with Crippen LogP contribution in [0, 0.1) is 0 Å². The van der Waals surface area contributed by atoms with Gasteiger partial charge in [-0.3, -0.25) is 4.79 Å². The van der Waals surface area contributed by atoms with Crippen LogP contribution < -0.4 is 0 Å². The minimum atomic E-state index is -0.560. The van der Waals surface area contributed by atoms with Crippen molar-refractivity contribution in [2.45, 2.75) is 174 Å². The van der Waals surface area contributed by atoms with Gasteiger partial charge in [0, 0.05) is 13.0 Å². The fraction of sp³-hybridized carbons (Fsp3) is 0.769. The number of esters is 1. The Hall–Kier alpha value is -1.65. The standard InChI is InChI=1S/C39H70O4/c1-3-5-7-9-11-13-15-17-19-20-21-22-24-26-28-30-32-34-39(41)43-38(36-40)37-42-35-33-31-29-27-25-23-18-16-14-12-10-8-6-4-2/h6,8,12,14,18,23,27,29,38,40H,3-5,7,9-11,13,15-17,19-22,24-26,28,30-37H2,1-2H3/b8-6-,14-12-,23-18-,29-27-. The van der Waals surface area contributed by atoms with Crippen LogP contribution in [0.5, 0.6) is 0 Å². The molecule has 0 amide bonds. The molecule has 0 aromatic rings. The fourth-order valence-electron chi connectivity index (χ4n) is 4.98. The number of carbonyl (C=O) groups excluding carboxylic acids is 1. The van der Waals surface area contributed by atoms with Gasteiger partial charge in [0.15, 0.2) is 0 Å². The molecule has 0 saturated carbocycles. The Morgan fingerprint density at radius 1 is 0.581 bits per heavy atom. The van der Waals surface area contributed by atoms with Crippen LogP contribution in [0.15, 0.2) is 48.6 Å². The second-order valence-electron chi connectivity index (χ2n) is 11.9. The van der Waals surface area contributed by atoms with E-state index in [2.05, 4.69) is 62.5 Å². The van der Waals surface area contributed by atoms with E-state index >= 15 is 0 Å². The van der Waals surface area contributed by atoms with Gasteiger partial charge in [0.05, 0.1) is 13.2 Å². The van der Waals surface area contributed by atoms with Crippen LogP contribution in [0.2, 0.25) is 0 Å². The monoisotopic (exact) mass is 603 g/mol. The molecule has 43 heavy (non-hydrogen) atoms. The molecule has 0 aliphatic carbocycles. The first-order valence-corrected chi connectivity index (χ1v) is 18.2. The summed E-state index contributed by atoms with van der Waals surface area (Å²) in [7, 11) is 0. The van der Waals surface area contributed by atoms with Gasteiger partial charge in [-0.25, -0.2) is 0 Å². The summed E-state index contributed by atoms with van der Waals surface area (Å²) in [6, 6.07) is 0. The molecular formula is C39H70O4.